The Kier molecular flexibility index (Phi) is 3.20. The molecule has 5 heteroatoms. The molecule has 0 spiro atoms. The van der Waals surface area contributed by atoms with Crippen molar-refractivity contribution in [2.24, 2.45) is 11.3 Å². The van der Waals surface area contributed by atoms with E-state index in [-0.39, 0.29) is 11.3 Å². The van der Waals surface area contributed by atoms with Crippen molar-refractivity contribution in [1.82, 2.24) is 0 Å². The van der Waals surface area contributed by atoms with Gasteiger partial charge in [-0.1, -0.05) is 27.7 Å². The molecule has 0 aromatic rings. The molecular weight excluding hydrogens is 203 g/mol. The fraction of sp³-hybridized carbons (Fsp3) is 0.889. The van der Waals surface area contributed by atoms with E-state index in [1.165, 1.54) is 0 Å². The minimum Gasteiger partial charge on any atom is -0.303 e. The summed E-state index contributed by atoms with van der Waals surface area (Å²) < 4.78 is 22.0. The summed E-state index contributed by atoms with van der Waals surface area (Å²) in [6.45, 7) is 7.88. The zero-order valence-corrected chi connectivity index (χ0v) is 9.97. The Morgan fingerprint density at radius 1 is 1.29 bits per heavy atom. The molecule has 0 unspecified atom stereocenters. The normalized spacial score (nSPS) is 24.9. The Balaban J connectivity index is 2.72. The molecule has 0 aromatic carbocycles. The van der Waals surface area contributed by atoms with Crippen LogP contribution in [0.5, 0.6) is 0 Å². The first-order chi connectivity index (χ1) is 6.27. The second-order valence-corrected chi connectivity index (χ2v) is 6.65. The lowest BCUT2D eigenvalue weighted by molar-refractivity contribution is -0.117. The maximum atomic E-state index is 11.9. The third-order valence-corrected chi connectivity index (χ3v) is 4.01. The maximum Gasteiger partial charge on any atom is 0.397 e. The summed E-state index contributed by atoms with van der Waals surface area (Å²) >= 11 is 0. The van der Waals surface area contributed by atoms with E-state index < -0.39 is 13.1 Å². The molecule has 0 aliphatic carbocycles. The molecule has 0 aromatic heterocycles. The van der Waals surface area contributed by atoms with Crippen LogP contribution in [0.25, 0.3) is 0 Å². The Bertz CT molecular complexity index is 269. The lowest BCUT2D eigenvalue weighted by atomic mass is 9.97. The van der Waals surface area contributed by atoms with Gasteiger partial charge in [0.1, 0.15) is 0 Å². The van der Waals surface area contributed by atoms with Crippen LogP contribution >= 0.6 is 7.60 Å². The minimum absolute atomic E-state index is 0.162. The summed E-state index contributed by atoms with van der Waals surface area (Å²) in [5.41, 5.74) is -0.585. The number of hydrogen-bond donors (Lipinski definition) is 0. The Labute approximate surface area is 84.5 Å². The van der Waals surface area contributed by atoms with Crippen molar-refractivity contribution < 1.29 is 18.4 Å². The highest BCUT2D eigenvalue weighted by Gasteiger charge is 2.43. The van der Waals surface area contributed by atoms with E-state index in [1.807, 2.05) is 13.8 Å². The lowest BCUT2D eigenvalue weighted by Gasteiger charge is -2.33. The number of hydrogen-bond acceptors (Lipinski definition) is 4. The molecule has 1 aliphatic heterocycles. The van der Waals surface area contributed by atoms with Gasteiger partial charge in [0, 0.05) is 11.3 Å². The van der Waals surface area contributed by atoms with E-state index in [2.05, 4.69) is 0 Å². The first-order valence-corrected chi connectivity index (χ1v) is 6.25. The lowest BCUT2D eigenvalue weighted by Crippen LogP contribution is -2.31. The quantitative estimate of drug-likeness (QED) is 0.670. The fourth-order valence-electron chi connectivity index (χ4n) is 1.04. The molecule has 1 saturated heterocycles. The average molecular weight is 220 g/mol. The van der Waals surface area contributed by atoms with E-state index in [1.54, 1.807) is 13.8 Å². The largest absolute Gasteiger partial charge is 0.397 e. The van der Waals surface area contributed by atoms with Crippen LogP contribution in [0.1, 0.15) is 27.7 Å². The van der Waals surface area contributed by atoms with Crippen LogP contribution in [0.4, 0.5) is 0 Å². The van der Waals surface area contributed by atoms with Gasteiger partial charge in [-0.15, -0.1) is 0 Å². The minimum atomic E-state index is -3.48. The summed E-state index contributed by atoms with van der Waals surface area (Å²) in [5.74, 6) is -0.318. The molecule has 4 nitrogen and oxygen atoms in total. The van der Waals surface area contributed by atoms with Crippen molar-refractivity contribution in [3.63, 3.8) is 0 Å². The van der Waals surface area contributed by atoms with Gasteiger partial charge in [0.25, 0.3) is 0 Å². The Morgan fingerprint density at radius 3 is 2.07 bits per heavy atom. The van der Waals surface area contributed by atoms with Gasteiger partial charge in [-0.25, -0.2) is 0 Å². The molecule has 0 N–H and O–H groups in total. The summed E-state index contributed by atoms with van der Waals surface area (Å²) in [5, 5.41) is 0. The van der Waals surface area contributed by atoms with Gasteiger partial charge < -0.3 is 9.05 Å². The van der Waals surface area contributed by atoms with Crippen LogP contribution in [0, 0.1) is 11.3 Å². The number of carbonyl (C=O) groups is 1. The van der Waals surface area contributed by atoms with E-state index in [0.29, 0.717) is 13.2 Å². The van der Waals surface area contributed by atoms with Gasteiger partial charge in [-0.3, -0.25) is 9.36 Å². The third kappa shape index (κ3) is 2.44. The Morgan fingerprint density at radius 2 is 1.71 bits per heavy atom. The first-order valence-electron chi connectivity index (χ1n) is 4.70. The molecule has 0 atom stereocenters. The van der Waals surface area contributed by atoms with E-state index in [0.717, 1.165) is 0 Å². The van der Waals surface area contributed by atoms with Crippen molar-refractivity contribution in [1.29, 1.82) is 0 Å². The average Bonchev–Trinajstić information content (AvgIpc) is 2.09. The second-order valence-electron chi connectivity index (χ2n) is 4.70. The standard InChI is InChI=1S/C9H17O4P/c1-7(2)8(10)14(11)12-5-9(3,4)6-13-14/h7H,5-6H2,1-4H3. The monoisotopic (exact) mass is 220 g/mol. The maximum absolute atomic E-state index is 11.9. The van der Waals surface area contributed by atoms with Crippen molar-refractivity contribution in [3.8, 4) is 0 Å². The van der Waals surface area contributed by atoms with Crippen molar-refractivity contribution in [3.05, 3.63) is 0 Å². The summed E-state index contributed by atoms with van der Waals surface area (Å²) in [6, 6.07) is 0. The predicted molar refractivity (Wildman–Crippen MR) is 53.1 cm³/mol. The van der Waals surface area contributed by atoms with Crippen LogP contribution in [-0.4, -0.2) is 18.7 Å². The summed E-state index contributed by atoms with van der Waals surface area (Å²) in [7, 11) is -3.48. The van der Waals surface area contributed by atoms with Crippen molar-refractivity contribution in [2.45, 2.75) is 27.7 Å². The van der Waals surface area contributed by atoms with Crippen LogP contribution in [0.3, 0.4) is 0 Å². The molecule has 0 saturated carbocycles. The zero-order chi connectivity index (χ0) is 11.0. The van der Waals surface area contributed by atoms with Crippen molar-refractivity contribution in [2.75, 3.05) is 13.2 Å². The zero-order valence-electron chi connectivity index (χ0n) is 9.07. The SMILES string of the molecule is CC(C)C(=O)P1(=O)OCC(C)(C)CO1. The Hall–Kier alpha value is -0.180. The topological polar surface area (TPSA) is 52.6 Å². The molecule has 0 radical (unpaired) electrons. The summed E-state index contributed by atoms with van der Waals surface area (Å²) in [6.07, 6.45) is 0. The van der Waals surface area contributed by atoms with E-state index in [9.17, 15) is 9.36 Å². The van der Waals surface area contributed by atoms with Gasteiger partial charge in [-0.2, -0.15) is 0 Å². The number of rotatable bonds is 2. The van der Waals surface area contributed by atoms with E-state index >= 15 is 0 Å². The molecular formula is C9H17O4P. The molecule has 0 amide bonds. The molecule has 1 rings (SSSR count). The number of carbonyl (C=O) groups excluding carboxylic acids is 1. The van der Waals surface area contributed by atoms with Crippen LogP contribution in [0.2, 0.25) is 0 Å². The van der Waals surface area contributed by atoms with Crippen molar-refractivity contribution >= 4 is 13.1 Å². The first kappa shape index (κ1) is 11.9. The summed E-state index contributed by atoms with van der Waals surface area (Å²) in [4.78, 5) is 11.5. The highest BCUT2D eigenvalue weighted by molar-refractivity contribution is 7.71. The smallest absolute Gasteiger partial charge is 0.303 e. The van der Waals surface area contributed by atoms with Gasteiger partial charge in [0.15, 0.2) is 0 Å². The van der Waals surface area contributed by atoms with E-state index in [4.69, 9.17) is 9.05 Å². The molecule has 1 aliphatic rings. The van der Waals surface area contributed by atoms with Gasteiger partial charge in [0.05, 0.1) is 13.2 Å². The predicted octanol–water partition coefficient (Wildman–Crippen LogP) is 2.44. The highest BCUT2D eigenvalue weighted by Crippen LogP contribution is 2.55. The second kappa shape index (κ2) is 3.76. The van der Waals surface area contributed by atoms with Gasteiger partial charge in [0.2, 0.25) is 5.52 Å². The molecule has 82 valence electrons. The molecule has 0 bridgehead atoms. The van der Waals surface area contributed by atoms with Crippen LogP contribution in [0.15, 0.2) is 0 Å². The van der Waals surface area contributed by atoms with Crippen LogP contribution < -0.4 is 0 Å². The molecule has 1 fully saturated rings. The molecule has 1 heterocycles. The highest BCUT2D eigenvalue weighted by atomic mass is 31.2. The van der Waals surface area contributed by atoms with Crippen LogP contribution in [-0.2, 0) is 18.4 Å². The third-order valence-electron chi connectivity index (χ3n) is 2.01. The van der Waals surface area contributed by atoms with Gasteiger partial charge >= 0.3 is 7.60 Å². The fourth-order valence-corrected chi connectivity index (χ4v) is 3.04. The molecule has 14 heavy (non-hydrogen) atoms. The van der Waals surface area contributed by atoms with Gasteiger partial charge in [-0.05, 0) is 0 Å².